The number of ether oxygens (including phenoxy) is 2. The minimum atomic E-state index is -3.23. The predicted octanol–water partition coefficient (Wildman–Crippen LogP) is 3.26. The van der Waals surface area contributed by atoms with E-state index in [1.54, 1.807) is 43.8 Å². The summed E-state index contributed by atoms with van der Waals surface area (Å²) in [6.45, 7) is 2.05. The minimum Gasteiger partial charge on any atom is -0.462 e. The number of nitrogens with zero attached hydrogens (tertiary/aromatic N) is 5. The summed E-state index contributed by atoms with van der Waals surface area (Å²) in [5.41, 5.74) is 7.07. The Kier molecular flexibility index (Phi) is 9.28. The van der Waals surface area contributed by atoms with Gasteiger partial charge in [0.05, 0.1) is 31.1 Å². The standard InChI is InChI=1S/C26H34N7O5PS/c1-7-18-13-20(37-24(18)33-15-28-21-22(32(5)6)29-26(27)30-23(21)33)14-35-39(40,38-19-11-9-8-10-12-19)31-17(4)25(34)36-16(2)3/h1,8-12,15-18,20,24H,13-14H2,2-6H3,(H,31,40)(H2,27,29,30)/t17-,18+,20+,24-,39+/m1/s1. The maximum absolute atomic E-state index is 12.5. The number of carbonyl (C=O) groups excluding carboxylic acids is 1. The molecular formula is C26H34N7O5PS. The van der Waals surface area contributed by atoms with E-state index in [0.717, 1.165) is 0 Å². The van der Waals surface area contributed by atoms with Crippen molar-refractivity contribution < 1.29 is 23.3 Å². The molecule has 1 saturated heterocycles. The van der Waals surface area contributed by atoms with Crippen LogP contribution >= 0.6 is 6.64 Å². The molecule has 1 aliphatic heterocycles. The van der Waals surface area contributed by atoms with Crippen molar-refractivity contribution in [1.29, 1.82) is 0 Å². The average Bonchev–Trinajstić information content (AvgIpc) is 3.50. The van der Waals surface area contributed by atoms with Gasteiger partial charge in [0, 0.05) is 14.1 Å². The van der Waals surface area contributed by atoms with Gasteiger partial charge in [-0.2, -0.15) is 9.97 Å². The van der Waals surface area contributed by atoms with E-state index < -0.39 is 31.0 Å². The number of nitrogens with one attached hydrogen (secondary N) is 1. The van der Waals surface area contributed by atoms with Gasteiger partial charge in [0.25, 0.3) is 0 Å². The molecule has 3 aromatic rings. The van der Waals surface area contributed by atoms with E-state index >= 15 is 0 Å². The van der Waals surface area contributed by atoms with Crippen LogP contribution in [-0.4, -0.2) is 64.4 Å². The molecule has 214 valence electrons. The SMILES string of the molecule is C#C[C@H]1C[C@@H](CO[P@@](=S)(N[C@H](C)C(=O)OC(C)C)Oc2ccccc2)O[C@H]1n1cnc2c(N(C)C)nc(N)nc21. The van der Waals surface area contributed by atoms with Crippen LogP contribution in [0.1, 0.15) is 33.4 Å². The van der Waals surface area contributed by atoms with Gasteiger partial charge < -0.3 is 29.2 Å². The zero-order valence-electron chi connectivity index (χ0n) is 23.1. The number of para-hydroxylation sites is 1. The molecule has 0 radical (unpaired) electrons. The molecule has 0 spiro atoms. The predicted molar refractivity (Wildman–Crippen MR) is 156 cm³/mol. The fourth-order valence-corrected chi connectivity index (χ4v) is 6.63. The highest BCUT2D eigenvalue weighted by Crippen LogP contribution is 2.47. The van der Waals surface area contributed by atoms with Crippen LogP contribution < -0.4 is 20.2 Å². The Balaban J connectivity index is 1.53. The first-order valence-corrected chi connectivity index (χ1v) is 15.4. The van der Waals surface area contributed by atoms with Crippen LogP contribution in [0.25, 0.3) is 11.2 Å². The number of terminal acetylenes is 1. The van der Waals surface area contributed by atoms with Crippen molar-refractivity contribution in [2.24, 2.45) is 5.92 Å². The molecule has 4 rings (SSSR count). The Bertz CT molecular complexity index is 1430. The molecule has 40 heavy (non-hydrogen) atoms. The highest BCUT2D eigenvalue weighted by molar-refractivity contribution is 8.09. The van der Waals surface area contributed by atoms with Crippen LogP contribution in [-0.2, 0) is 30.6 Å². The molecule has 2 aromatic heterocycles. The molecule has 0 unspecified atom stereocenters. The molecule has 1 fully saturated rings. The highest BCUT2D eigenvalue weighted by Gasteiger charge is 2.38. The second-order valence-electron chi connectivity index (χ2n) is 9.82. The number of fused-ring (bicyclic) bond motifs is 1. The number of rotatable bonds is 11. The molecule has 0 bridgehead atoms. The van der Waals surface area contributed by atoms with E-state index in [-0.39, 0.29) is 24.6 Å². The smallest absolute Gasteiger partial charge is 0.323 e. The van der Waals surface area contributed by atoms with Crippen molar-refractivity contribution in [3.8, 4) is 18.1 Å². The molecule has 14 heteroatoms. The largest absolute Gasteiger partial charge is 0.462 e. The van der Waals surface area contributed by atoms with Gasteiger partial charge in [-0.3, -0.25) is 9.36 Å². The van der Waals surface area contributed by atoms with Crippen molar-refractivity contribution in [3.05, 3.63) is 36.7 Å². The number of nitrogen functional groups attached to an aromatic ring is 1. The van der Waals surface area contributed by atoms with E-state index in [1.807, 2.05) is 37.2 Å². The molecule has 3 N–H and O–H groups in total. The molecule has 0 amide bonds. The number of esters is 1. The maximum atomic E-state index is 12.5. The molecule has 5 atom stereocenters. The number of imidazole rings is 1. The van der Waals surface area contributed by atoms with Crippen LogP contribution in [0.5, 0.6) is 5.75 Å². The zero-order chi connectivity index (χ0) is 29.0. The Morgan fingerprint density at radius 3 is 2.70 bits per heavy atom. The van der Waals surface area contributed by atoms with Crippen molar-refractivity contribution in [1.82, 2.24) is 24.6 Å². The lowest BCUT2D eigenvalue weighted by Gasteiger charge is -2.27. The first-order valence-electron chi connectivity index (χ1n) is 12.8. The van der Waals surface area contributed by atoms with Gasteiger partial charge in [0.2, 0.25) is 5.95 Å². The minimum absolute atomic E-state index is 0.0738. The van der Waals surface area contributed by atoms with Gasteiger partial charge in [0.1, 0.15) is 11.8 Å². The molecule has 3 heterocycles. The monoisotopic (exact) mass is 587 g/mol. The maximum Gasteiger partial charge on any atom is 0.323 e. The summed E-state index contributed by atoms with van der Waals surface area (Å²) >= 11 is 5.81. The Morgan fingerprint density at radius 2 is 2.05 bits per heavy atom. The third-order valence-electron chi connectivity index (χ3n) is 5.98. The van der Waals surface area contributed by atoms with Gasteiger partial charge >= 0.3 is 12.6 Å². The summed E-state index contributed by atoms with van der Waals surface area (Å²) in [7, 11) is 3.70. The summed E-state index contributed by atoms with van der Waals surface area (Å²) in [4.78, 5) is 27.5. The number of carbonyl (C=O) groups is 1. The van der Waals surface area contributed by atoms with E-state index in [0.29, 0.717) is 29.2 Å². The van der Waals surface area contributed by atoms with Gasteiger partial charge in [0.15, 0.2) is 23.2 Å². The molecule has 1 aliphatic rings. The molecular weight excluding hydrogens is 553 g/mol. The number of hydrogen-bond donors (Lipinski definition) is 2. The van der Waals surface area contributed by atoms with E-state index in [1.165, 1.54) is 0 Å². The Morgan fingerprint density at radius 1 is 1.32 bits per heavy atom. The van der Waals surface area contributed by atoms with Crippen LogP contribution in [0.2, 0.25) is 0 Å². The molecule has 1 aromatic carbocycles. The topological polar surface area (TPSA) is 139 Å². The van der Waals surface area contributed by atoms with E-state index in [4.69, 9.17) is 42.5 Å². The highest BCUT2D eigenvalue weighted by atomic mass is 32.5. The van der Waals surface area contributed by atoms with Crippen LogP contribution in [0.15, 0.2) is 36.7 Å². The summed E-state index contributed by atoms with van der Waals surface area (Å²) in [5.74, 6) is 3.26. The number of nitrogens with two attached hydrogens (primary N) is 1. The summed E-state index contributed by atoms with van der Waals surface area (Å²) in [6.07, 6.45) is 6.76. The quantitative estimate of drug-likeness (QED) is 0.193. The van der Waals surface area contributed by atoms with Crippen molar-refractivity contribution >= 4 is 47.3 Å². The first-order chi connectivity index (χ1) is 19.0. The van der Waals surface area contributed by atoms with E-state index in [2.05, 4.69) is 26.0 Å². The lowest BCUT2D eigenvalue weighted by Crippen LogP contribution is -2.36. The number of hydrogen-bond acceptors (Lipinski definition) is 11. The second-order valence-corrected chi connectivity index (χ2v) is 13.0. The summed E-state index contributed by atoms with van der Waals surface area (Å²) < 4.78 is 25.7. The fourth-order valence-electron chi connectivity index (χ4n) is 4.20. The van der Waals surface area contributed by atoms with Gasteiger partial charge in [-0.05, 0) is 51.1 Å². The Labute approximate surface area is 238 Å². The van der Waals surface area contributed by atoms with Crippen molar-refractivity contribution in [2.75, 3.05) is 31.3 Å². The molecule has 0 saturated carbocycles. The first kappa shape index (κ1) is 29.7. The average molecular weight is 588 g/mol. The molecule has 12 nitrogen and oxygen atoms in total. The number of anilines is 2. The normalized spacial score (nSPS) is 21.1. The zero-order valence-corrected chi connectivity index (χ0v) is 24.8. The third kappa shape index (κ3) is 6.89. The summed E-state index contributed by atoms with van der Waals surface area (Å²) in [5, 5.41) is 3.04. The second kappa shape index (κ2) is 12.5. The Hall–Kier alpha value is -3.27. The molecule has 0 aliphatic carbocycles. The van der Waals surface area contributed by atoms with Crippen molar-refractivity contribution in [2.45, 2.75) is 51.7 Å². The lowest BCUT2D eigenvalue weighted by molar-refractivity contribution is -0.149. The van der Waals surface area contributed by atoms with E-state index in [9.17, 15) is 4.79 Å². The van der Waals surface area contributed by atoms with Crippen LogP contribution in [0, 0.1) is 18.3 Å². The van der Waals surface area contributed by atoms with Crippen molar-refractivity contribution in [3.63, 3.8) is 0 Å². The lowest BCUT2D eigenvalue weighted by atomic mass is 10.0. The van der Waals surface area contributed by atoms with Gasteiger partial charge in [-0.15, -0.1) is 6.42 Å². The van der Waals surface area contributed by atoms with Crippen LogP contribution in [0.3, 0.4) is 0 Å². The number of benzene rings is 1. The van der Waals surface area contributed by atoms with Crippen LogP contribution in [0.4, 0.5) is 11.8 Å². The van der Waals surface area contributed by atoms with Gasteiger partial charge in [-0.25, -0.2) is 10.1 Å². The fraction of sp³-hybridized carbons (Fsp3) is 0.462. The third-order valence-corrected chi connectivity index (χ3v) is 8.48. The summed E-state index contributed by atoms with van der Waals surface area (Å²) in [6, 6.07) is 8.27. The van der Waals surface area contributed by atoms with Gasteiger partial charge in [-0.1, -0.05) is 24.1 Å². The number of aromatic nitrogens is 4.